The Kier molecular flexibility index (Phi) is 5.65. The molecule has 3 nitrogen and oxygen atoms in total. The van der Waals surface area contributed by atoms with E-state index in [0.717, 1.165) is 31.0 Å². The number of carbonyl (C=O) groups excluding carboxylic acids is 1. The van der Waals surface area contributed by atoms with E-state index in [1.165, 1.54) is 5.56 Å². The van der Waals surface area contributed by atoms with Gasteiger partial charge in [0.25, 0.3) is 0 Å². The van der Waals surface area contributed by atoms with Gasteiger partial charge in [0.1, 0.15) is 0 Å². The van der Waals surface area contributed by atoms with Crippen molar-refractivity contribution < 1.29 is 4.79 Å². The molecule has 116 valence electrons. The summed E-state index contributed by atoms with van der Waals surface area (Å²) in [6.07, 6.45) is 2.06. The van der Waals surface area contributed by atoms with Gasteiger partial charge >= 0.3 is 0 Å². The molecule has 1 amide bonds. The number of hydrogen-bond donors (Lipinski definition) is 1. The molecule has 0 bridgehead atoms. The fraction of sp³-hybridized carbons (Fsp3) is 0.588. The zero-order chi connectivity index (χ0) is 15.4. The van der Waals surface area contributed by atoms with Crippen LogP contribution in [0.15, 0.2) is 24.3 Å². The van der Waals surface area contributed by atoms with Crippen molar-refractivity contribution >= 4 is 17.5 Å². The molecule has 1 atom stereocenters. The predicted octanol–water partition coefficient (Wildman–Crippen LogP) is 3.29. The number of likely N-dealkylation sites (tertiary alicyclic amines) is 1. The molecule has 1 N–H and O–H groups in total. The molecule has 1 heterocycles. The average Bonchev–Trinajstić information content (AvgIpc) is 2.48. The Morgan fingerprint density at radius 3 is 2.29 bits per heavy atom. The van der Waals surface area contributed by atoms with Crippen LogP contribution in [-0.4, -0.2) is 37.0 Å². The van der Waals surface area contributed by atoms with Gasteiger partial charge in [-0.1, -0.05) is 37.6 Å². The number of nitrogens with zero attached hydrogens (tertiary/aromatic N) is 1. The summed E-state index contributed by atoms with van der Waals surface area (Å²) < 4.78 is 0. The molecule has 0 spiro atoms. The fourth-order valence-electron chi connectivity index (χ4n) is 3.11. The molecule has 0 saturated carbocycles. The lowest BCUT2D eigenvalue weighted by atomic mass is 9.89. The largest absolute Gasteiger partial charge is 0.341 e. The molecule has 0 aliphatic carbocycles. The predicted molar refractivity (Wildman–Crippen MR) is 87.7 cm³/mol. The van der Waals surface area contributed by atoms with Gasteiger partial charge in [0.2, 0.25) is 5.91 Å². The SMILES string of the molecule is CNC(C(=O)N1CCC(c2ccc(Cl)cc2)CC1)C(C)C. The first-order chi connectivity index (χ1) is 10.0. The van der Waals surface area contributed by atoms with Crippen molar-refractivity contribution in [2.24, 2.45) is 5.92 Å². The molecular weight excluding hydrogens is 284 g/mol. The van der Waals surface area contributed by atoms with Crippen molar-refractivity contribution in [2.75, 3.05) is 20.1 Å². The topological polar surface area (TPSA) is 32.3 Å². The third-order valence-electron chi connectivity index (χ3n) is 4.39. The maximum absolute atomic E-state index is 12.5. The summed E-state index contributed by atoms with van der Waals surface area (Å²) in [5, 5.41) is 3.92. The first-order valence-corrected chi connectivity index (χ1v) is 8.12. The maximum atomic E-state index is 12.5. The van der Waals surface area contributed by atoms with Gasteiger partial charge in [-0.15, -0.1) is 0 Å². The van der Waals surface area contributed by atoms with E-state index >= 15 is 0 Å². The molecule has 1 unspecified atom stereocenters. The van der Waals surface area contributed by atoms with Crippen molar-refractivity contribution in [3.05, 3.63) is 34.9 Å². The number of benzene rings is 1. The highest BCUT2D eigenvalue weighted by Crippen LogP contribution is 2.29. The molecule has 1 aromatic carbocycles. The van der Waals surface area contributed by atoms with Crippen LogP contribution >= 0.6 is 11.6 Å². The Labute approximate surface area is 132 Å². The number of likely N-dealkylation sites (N-methyl/N-ethyl adjacent to an activating group) is 1. The van der Waals surface area contributed by atoms with E-state index in [4.69, 9.17) is 11.6 Å². The highest BCUT2D eigenvalue weighted by atomic mass is 35.5. The summed E-state index contributed by atoms with van der Waals surface area (Å²) in [7, 11) is 1.86. The Hall–Kier alpha value is -1.06. The monoisotopic (exact) mass is 308 g/mol. The van der Waals surface area contributed by atoms with Gasteiger partial charge in [-0.3, -0.25) is 4.79 Å². The number of piperidine rings is 1. The number of amides is 1. The summed E-state index contributed by atoms with van der Waals surface area (Å²) in [4.78, 5) is 14.5. The smallest absolute Gasteiger partial charge is 0.239 e. The number of hydrogen-bond acceptors (Lipinski definition) is 2. The van der Waals surface area contributed by atoms with Gasteiger partial charge in [0, 0.05) is 18.1 Å². The summed E-state index contributed by atoms with van der Waals surface area (Å²) >= 11 is 5.94. The molecule has 2 rings (SSSR count). The Morgan fingerprint density at radius 2 is 1.81 bits per heavy atom. The third-order valence-corrected chi connectivity index (χ3v) is 4.64. The second kappa shape index (κ2) is 7.28. The van der Waals surface area contributed by atoms with Crippen LogP contribution in [0.4, 0.5) is 0 Å². The van der Waals surface area contributed by atoms with Gasteiger partial charge in [-0.2, -0.15) is 0 Å². The fourth-order valence-corrected chi connectivity index (χ4v) is 3.23. The minimum absolute atomic E-state index is 0.0721. The number of rotatable bonds is 4. The van der Waals surface area contributed by atoms with E-state index < -0.39 is 0 Å². The van der Waals surface area contributed by atoms with Crippen LogP contribution in [0.2, 0.25) is 5.02 Å². The minimum atomic E-state index is -0.0721. The normalized spacial score (nSPS) is 18.0. The van der Waals surface area contributed by atoms with Crippen molar-refractivity contribution in [1.29, 1.82) is 0 Å². The van der Waals surface area contributed by atoms with Crippen LogP contribution in [0.3, 0.4) is 0 Å². The van der Waals surface area contributed by atoms with Crippen molar-refractivity contribution in [2.45, 2.75) is 38.6 Å². The van der Waals surface area contributed by atoms with Crippen LogP contribution in [0.1, 0.15) is 38.2 Å². The highest BCUT2D eigenvalue weighted by Gasteiger charge is 2.29. The Bertz CT molecular complexity index is 464. The lowest BCUT2D eigenvalue weighted by Crippen LogP contribution is -2.50. The van der Waals surface area contributed by atoms with Gasteiger partial charge < -0.3 is 10.2 Å². The summed E-state index contributed by atoms with van der Waals surface area (Å²) in [5.41, 5.74) is 1.33. The summed E-state index contributed by atoms with van der Waals surface area (Å²) in [6, 6.07) is 8.04. The van der Waals surface area contributed by atoms with Crippen LogP contribution in [0.5, 0.6) is 0 Å². The van der Waals surface area contributed by atoms with E-state index in [9.17, 15) is 4.79 Å². The van der Waals surface area contributed by atoms with Crippen LogP contribution in [0.25, 0.3) is 0 Å². The number of halogens is 1. The second-order valence-corrected chi connectivity index (χ2v) is 6.60. The molecule has 21 heavy (non-hydrogen) atoms. The van der Waals surface area contributed by atoms with Gasteiger partial charge in [0.05, 0.1) is 6.04 Å². The molecule has 1 fully saturated rings. The van der Waals surface area contributed by atoms with Crippen molar-refractivity contribution in [3.8, 4) is 0 Å². The molecule has 0 aromatic heterocycles. The minimum Gasteiger partial charge on any atom is -0.341 e. The zero-order valence-electron chi connectivity index (χ0n) is 13.1. The molecule has 4 heteroatoms. The number of carbonyl (C=O) groups is 1. The van der Waals surface area contributed by atoms with Gasteiger partial charge in [-0.05, 0) is 49.4 Å². The molecule has 0 radical (unpaired) electrons. The van der Waals surface area contributed by atoms with E-state index in [0.29, 0.717) is 11.8 Å². The number of nitrogens with one attached hydrogen (secondary N) is 1. The van der Waals surface area contributed by atoms with Gasteiger partial charge in [-0.25, -0.2) is 0 Å². The van der Waals surface area contributed by atoms with E-state index in [2.05, 4.69) is 31.3 Å². The standard InChI is InChI=1S/C17H25ClN2O/c1-12(2)16(19-3)17(21)20-10-8-14(9-11-20)13-4-6-15(18)7-5-13/h4-7,12,14,16,19H,8-11H2,1-3H3. The Morgan fingerprint density at radius 1 is 1.24 bits per heavy atom. The lowest BCUT2D eigenvalue weighted by Gasteiger charge is -2.35. The van der Waals surface area contributed by atoms with Crippen LogP contribution < -0.4 is 5.32 Å². The second-order valence-electron chi connectivity index (χ2n) is 6.16. The molecule has 1 aromatic rings. The van der Waals surface area contributed by atoms with E-state index in [1.807, 2.05) is 24.1 Å². The summed E-state index contributed by atoms with van der Waals surface area (Å²) in [6.45, 7) is 5.85. The maximum Gasteiger partial charge on any atom is 0.239 e. The quantitative estimate of drug-likeness (QED) is 0.925. The average molecular weight is 309 g/mol. The van der Waals surface area contributed by atoms with E-state index in [-0.39, 0.29) is 11.9 Å². The van der Waals surface area contributed by atoms with Crippen molar-refractivity contribution in [1.82, 2.24) is 10.2 Å². The van der Waals surface area contributed by atoms with Crippen LogP contribution in [-0.2, 0) is 4.79 Å². The van der Waals surface area contributed by atoms with Gasteiger partial charge in [0.15, 0.2) is 0 Å². The Balaban J connectivity index is 1.93. The molecule has 1 saturated heterocycles. The first-order valence-electron chi connectivity index (χ1n) is 7.74. The highest BCUT2D eigenvalue weighted by molar-refractivity contribution is 6.30. The van der Waals surface area contributed by atoms with Crippen molar-refractivity contribution in [3.63, 3.8) is 0 Å². The lowest BCUT2D eigenvalue weighted by molar-refractivity contribution is -0.135. The van der Waals surface area contributed by atoms with E-state index in [1.54, 1.807) is 0 Å². The van der Waals surface area contributed by atoms with Crippen LogP contribution in [0, 0.1) is 5.92 Å². The first kappa shape index (κ1) is 16.3. The molecule has 1 aliphatic heterocycles. The molecule has 1 aliphatic rings. The zero-order valence-corrected chi connectivity index (χ0v) is 13.9. The third kappa shape index (κ3) is 3.98. The summed E-state index contributed by atoms with van der Waals surface area (Å²) in [5.74, 6) is 1.09. The molecular formula is C17H25ClN2O.